The van der Waals surface area contributed by atoms with Crippen LogP contribution >= 0.6 is 0 Å². The summed E-state index contributed by atoms with van der Waals surface area (Å²) >= 11 is 0. The van der Waals surface area contributed by atoms with Crippen molar-refractivity contribution in [2.45, 2.75) is 38.4 Å². The number of halogens is 3. The van der Waals surface area contributed by atoms with Crippen molar-refractivity contribution in [1.29, 1.82) is 0 Å². The molecular weight excluding hydrogens is 461 g/mol. The summed E-state index contributed by atoms with van der Waals surface area (Å²) in [4.78, 5) is 31.4. The third kappa shape index (κ3) is 7.26. The molecule has 1 atom stereocenters. The summed E-state index contributed by atoms with van der Waals surface area (Å²) in [6.45, 7) is 2.09. The predicted octanol–water partition coefficient (Wildman–Crippen LogP) is 5.32. The van der Waals surface area contributed by atoms with E-state index in [1.54, 1.807) is 12.1 Å². The number of rotatable bonds is 10. The van der Waals surface area contributed by atoms with E-state index >= 15 is 0 Å². The summed E-state index contributed by atoms with van der Waals surface area (Å²) in [5.74, 6) is -0.818. The van der Waals surface area contributed by atoms with Crippen LogP contribution in [-0.4, -0.2) is 33.5 Å². The summed E-state index contributed by atoms with van der Waals surface area (Å²) < 4.78 is 38.3. The molecule has 0 bridgehead atoms. The largest absolute Gasteiger partial charge is 0.481 e. The molecule has 2 aromatic carbocycles. The standard InChI is InChI=1S/C25H25F3N4O3/c1-2-3-20(16-4-6-18(7-5-16)24(35)29-13-12-23(33)34)32-22-15-30-21(14-31-22)17-8-10-19(11-9-17)25(26,27)28/h4-11,14-15,20H,2-3,12-13H2,1H3,(H,29,35)(H,31,32)(H,33,34). The Labute approximate surface area is 200 Å². The molecule has 3 rings (SSSR count). The van der Waals surface area contributed by atoms with Gasteiger partial charge in [-0.2, -0.15) is 13.2 Å². The summed E-state index contributed by atoms with van der Waals surface area (Å²) in [5.41, 5.74) is 1.62. The van der Waals surface area contributed by atoms with Gasteiger partial charge in [0.25, 0.3) is 5.91 Å². The molecular formula is C25H25F3N4O3. The summed E-state index contributed by atoms with van der Waals surface area (Å²) in [7, 11) is 0. The SMILES string of the molecule is CCCC(Nc1cnc(-c2ccc(C(F)(F)F)cc2)cn1)c1ccc(C(=O)NCCC(=O)O)cc1. The van der Waals surface area contributed by atoms with E-state index in [0.29, 0.717) is 22.6 Å². The number of benzene rings is 2. The molecule has 0 aliphatic heterocycles. The van der Waals surface area contributed by atoms with Gasteiger partial charge in [0.2, 0.25) is 0 Å². The molecule has 0 aliphatic carbocycles. The second kappa shape index (κ2) is 11.5. The topological polar surface area (TPSA) is 104 Å². The van der Waals surface area contributed by atoms with Gasteiger partial charge in [0.15, 0.2) is 0 Å². The van der Waals surface area contributed by atoms with Crippen molar-refractivity contribution in [3.05, 3.63) is 77.6 Å². The number of alkyl halides is 3. The van der Waals surface area contributed by atoms with Crippen LogP contribution in [0.1, 0.15) is 53.7 Å². The minimum absolute atomic E-state index is 0.0526. The van der Waals surface area contributed by atoms with Crippen molar-refractivity contribution in [1.82, 2.24) is 15.3 Å². The second-order valence-electron chi connectivity index (χ2n) is 7.87. The molecule has 0 aliphatic rings. The highest BCUT2D eigenvalue weighted by Gasteiger charge is 2.30. The average Bonchev–Trinajstić information content (AvgIpc) is 2.83. The van der Waals surface area contributed by atoms with Crippen molar-refractivity contribution in [3.8, 4) is 11.3 Å². The third-order valence-electron chi connectivity index (χ3n) is 5.26. The van der Waals surface area contributed by atoms with Crippen molar-refractivity contribution >= 4 is 17.7 Å². The quantitative estimate of drug-likeness (QED) is 0.358. The number of carbonyl (C=O) groups excluding carboxylic acids is 1. The molecule has 0 saturated heterocycles. The van der Waals surface area contributed by atoms with E-state index in [9.17, 15) is 22.8 Å². The maximum atomic E-state index is 12.8. The Bertz CT molecular complexity index is 1130. The molecule has 0 radical (unpaired) electrons. The van der Waals surface area contributed by atoms with Gasteiger partial charge in [-0.1, -0.05) is 37.6 Å². The lowest BCUT2D eigenvalue weighted by Gasteiger charge is -2.19. The van der Waals surface area contributed by atoms with Gasteiger partial charge in [-0.25, -0.2) is 4.98 Å². The van der Waals surface area contributed by atoms with Gasteiger partial charge in [0.05, 0.1) is 36.1 Å². The zero-order valence-corrected chi connectivity index (χ0v) is 19.0. The van der Waals surface area contributed by atoms with Gasteiger partial charge < -0.3 is 15.7 Å². The zero-order chi connectivity index (χ0) is 25.4. The van der Waals surface area contributed by atoms with E-state index in [1.165, 1.54) is 24.5 Å². The zero-order valence-electron chi connectivity index (χ0n) is 19.0. The molecule has 10 heteroatoms. The number of carboxylic acid groups (broad SMARTS) is 1. The van der Waals surface area contributed by atoms with Crippen LogP contribution < -0.4 is 10.6 Å². The number of carbonyl (C=O) groups is 2. The molecule has 35 heavy (non-hydrogen) atoms. The monoisotopic (exact) mass is 486 g/mol. The number of aliphatic carboxylic acids is 1. The number of nitrogens with zero attached hydrogens (tertiary/aromatic N) is 2. The first-order valence-electron chi connectivity index (χ1n) is 11.0. The number of hydrogen-bond donors (Lipinski definition) is 3. The van der Waals surface area contributed by atoms with Crippen LogP contribution in [0, 0.1) is 0 Å². The Morgan fingerprint density at radius 3 is 2.23 bits per heavy atom. The molecule has 0 spiro atoms. The van der Waals surface area contributed by atoms with E-state index < -0.39 is 17.7 Å². The maximum absolute atomic E-state index is 12.8. The molecule has 0 saturated carbocycles. The fourth-order valence-corrected chi connectivity index (χ4v) is 3.42. The smallest absolute Gasteiger partial charge is 0.416 e. The average molecular weight is 486 g/mol. The summed E-state index contributed by atoms with van der Waals surface area (Å²) in [6.07, 6.45) is 0.150. The van der Waals surface area contributed by atoms with E-state index in [4.69, 9.17) is 5.11 Å². The van der Waals surface area contributed by atoms with E-state index in [0.717, 1.165) is 30.5 Å². The fourth-order valence-electron chi connectivity index (χ4n) is 3.42. The van der Waals surface area contributed by atoms with Crippen LogP contribution in [0.5, 0.6) is 0 Å². The number of amides is 1. The Balaban J connectivity index is 1.67. The Kier molecular flexibility index (Phi) is 8.40. The van der Waals surface area contributed by atoms with Gasteiger partial charge in [-0.15, -0.1) is 0 Å². The number of aromatic nitrogens is 2. The van der Waals surface area contributed by atoms with E-state index in [-0.39, 0.29) is 24.9 Å². The molecule has 184 valence electrons. The second-order valence-corrected chi connectivity index (χ2v) is 7.87. The van der Waals surface area contributed by atoms with Crippen LogP contribution in [0.4, 0.5) is 19.0 Å². The molecule has 3 aromatic rings. The van der Waals surface area contributed by atoms with Crippen LogP contribution in [0.3, 0.4) is 0 Å². The number of hydrogen-bond acceptors (Lipinski definition) is 5. The van der Waals surface area contributed by atoms with Gasteiger partial charge in [0, 0.05) is 17.7 Å². The lowest BCUT2D eigenvalue weighted by atomic mass is 10.0. The number of anilines is 1. The summed E-state index contributed by atoms with van der Waals surface area (Å²) in [5, 5.41) is 14.5. The summed E-state index contributed by atoms with van der Waals surface area (Å²) in [6, 6.07) is 11.6. The predicted molar refractivity (Wildman–Crippen MR) is 125 cm³/mol. The molecule has 1 unspecified atom stereocenters. The van der Waals surface area contributed by atoms with E-state index in [2.05, 4.69) is 20.6 Å². The lowest BCUT2D eigenvalue weighted by molar-refractivity contribution is -0.138. The van der Waals surface area contributed by atoms with Gasteiger partial charge in [-0.3, -0.25) is 14.6 Å². The Morgan fingerprint density at radius 1 is 1.00 bits per heavy atom. The van der Waals surface area contributed by atoms with Crippen LogP contribution in [0.25, 0.3) is 11.3 Å². The van der Waals surface area contributed by atoms with Crippen LogP contribution in [-0.2, 0) is 11.0 Å². The highest BCUT2D eigenvalue weighted by molar-refractivity contribution is 5.94. The van der Waals surface area contributed by atoms with E-state index in [1.807, 2.05) is 19.1 Å². The maximum Gasteiger partial charge on any atom is 0.416 e. The highest BCUT2D eigenvalue weighted by atomic mass is 19.4. The Hall–Kier alpha value is -3.95. The van der Waals surface area contributed by atoms with Gasteiger partial charge in [-0.05, 0) is 36.2 Å². The van der Waals surface area contributed by atoms with Gasteiger partial charge >= 0.3 is 12.1 Å². The first-order valence-corrected chi connectivity index (χ1v) is 11.0. The van der Waals surface area contributed by atoms with Crippen LogP contribution in [0.15, 0.2) is 60.9 Å². The molecule has 1 amide bonds. The lowest BCUT2D eigenvalue weighted by Crippen LogP contribution is -2.26. The van der Waals surface area contributed by atoms with Crippen LogP contribution in [0.2, 0.25) is 0 Å². The number of carboxylic acids is 1. The Morgan fingerprint density at radius 2 is 1.69 bits per heavy atom. The molecule has 0 fully saturated rings. The molecule has 1 heterocycles. The molecule has 7 nitrogen and oxygen atoms in total. The van der Waals surface area contributed by atoms with Crippen molar-refractivity contribution in [2.24, 2.45) is 0 Å². The number of nitrogens with one attached hydrogen (secondary N) is 2. The normalized spacial score (nSPS) is 12.1. The van der Waals surface area contributed by atoms with Gasteiger partial charge in [0.1, 0.15) is 5.82 Å². The van der Waals surface area contributed by atoms with Crippen molar-refractivity contribution in [2.75, 3.05) is 11.9 Å². The third-order valence-corrected chi connectivity index (χ3v) is 5.26. The van der Waals surface area contributed by atoms with Crippen molar-refractivity contribution < 1.29 is 27.9 Å². The first-order chi connectivity index (χ1) is 16.7. The minimum atomic E-state index is -4.39. The highest BCUT2D eigenvalue weighted by Crippen LogP contribution is 2.31. The van der Waals surface area contributed by atoms with Crippen molar-refractivity contribution in [3.63, 3.8) is 0 Å². The molecule has 3 N–H and O–H groups in total. The first kappa shape index (κ1) is 25.7. The molecule has 1 aromatic heterocycles. The fraction of sp³-hybridized carbons (Fsp3) is 0.280. The minimum Gasteiger partial charge on any atom is -0.481 e.